The molecule has 0 fully saturated rings. The van der Waals surface area contributed by atoms with Crippen molar-refractivity contribution in [1.82, 2.24) is 0 Å². The third-order valence-corrected chi connectivity index (χ3v) is 9.28. The maximum absolute atomic E-state index is 6.29. The van der Waals surface area contributed by atoms with E-state index in [4.69, 9.17) is 4.42 Å². The summed E-state index contributed by atoms with van der Waals surface area (Å²) in [6.07, 6.45) is 0. The fourth-order valence-corrected chi connectivity index (χ4v) is 7.10. The molecule has 8 aromatic carbocycles. The summed E-state index contributed by atoms with van der Waals surface area (Å²) in [5.41, 5.74) is 12.1. The van der Waals surface area contributed by atoms with Crippen LogP contribution in [0, 0.1) is 0 Å². The zero-order valence-electron chi connectivity index (χ0n) is 26.3. The molecule has 9 aromatic rings. The zero-order valence-corrected chi connectivity index (χ0v) is 26.3. The van der Waals surface area contributed by atoms with Crippen LogP contribution in [0.3, 0.4) is 0 Å². The SMILES string of the molecule is c1ccc(-c2ccccc2-c2c(-c3ccccc3)cccc2N(c2ccc3oc4ccccc4c3c2)c2cccc3ccccc23)cc1. The van der Waals surface area contributed by atoms with Crippen molar-refractivity contribution >= 4 is 49.8 Å². The van der Waals surface area contributed by atoms with Crippen LogP contribution in [0.5, 0.6) is 0 Å². The molecule has 0 spiro atoms. The highest BCUT2D eigenvalue weighted by atomic mass is 16.3. The molecule has 0 saturated heterocycles. The molecule has 0 atom stereocenters. The maximum Gasteiger partial charge on any atom is 0.135 e. The highest BCUT2D eigenvalue weighted by Gasteiger charge is 2.24. The van der Waals surface area contributed by atoms with Gasteiger partial charge in [-0.1, -0.05) is 152 Å². The predicted octanol–water partition coefficient (Wildman–Crippen LogP) is 13.2. The summed E-state index contributed by atoms with van der Waals surface area (Å²) in [6.45, 7) is 0. The molecule has 1 aromatic heterocycles. The fourth-order valence-electron chi connectivity index (χ4n) is 7.10. The van der Waals surface area contributed by atoms with E-state index in [1.54, 1.807) is 0 Å². The van der Waals surface area contributed by atoms with Crippen molar-refractivity contribution in [1.29, 1.82) is 0 Å². The van der Waals surface area contributed by atoms with Gasteiger partial charge in [-0.3, -0.25) is 0 Å². The van der Waals surface area contributed by atoms with Crippen LogP contribution in [-0.4, -0.2) is 0 Å². The number of fused-ring (bicyclic) bond motifs is 4. The van der Waals surface area contributed by atoms with Gasteiger partial charge in [-0.05, 0) is 69.6 Å². The number of nitrogens with zero attached hydrogens (tertiary/aromatic N) is 1. The van der Waals surface area contributed by atoms with Crippen LogP contribution in [0.15, 0.2) is 192 Å². The summed E-state index contributed by atoms with van der Waals surface area (Å²) in [5, 5.41) is 4.59. The molecule has 1 heterocycles. The Morgan fingerprint density at radius 2 is 0.917 bits per heavy atom. The van der Waals surface area contributed by atoms with Gasteiger partial charge in [0.15, 0.2) is 0 Å². The second-order valence-electron chi connectivity index (χ2n) is 12.1. The molecule has 0 amide bonds. The second-order valence-corrected chi connectivity index (χ2v) is 12.1. The van der Waals surface area contributed by atoms with Gasteiger partial charge in [0.1, 0.15) is 11.2 Å². The van der Waals surface area contributed by atoms with Crippen molar-refractivity contribution in [2.45, 2.75) is 0 Å². The van der Waals surface area contributed by atoms with Crippen molar-refractivity contribution in [2.24, 2.45) is 0 Å². The Bertz CT molecular complexity index is 2560. The molecule has 0 unspecified atom stereocenters. The summed E-state index contributed by atoms with van der Waals surface area (Å²) in [7, 11) is 0. The molecular formula is C46H31NO. The Hall–Kier alpha value is -6.38. The highest BCUT2D eigenvalue weighted by molar-refractivity contribution is 6.09. The van der Waals surface area contributed by atoms with Crippen molar-refractivity contribution < 1.29 is 4.42 Å². The third-order valence-electron chi connectivity index (χ3n) is 9.28. The summed E-state index contributed by atoms with van der Waals surface area (Å²) < 4.78 is 6.29. The van der Waals surface area contributed by atoms with Gasteiger partial charge in [-0.2, -0.15) is 0 Å². The fraction of sp³-hybridized carbons (Fsp3) is 0. The van der Waals surface area contributed by atoms with E-state index in [2.05, 4.69) is 181 Å². The van der Waals surface area contributed by atoms with E-state index < -0.39 is 0 Å². The molecule has 0 bridgehead atoms. The Morgan fingerprint density at radius 1 is 0.354 bits per heavy atom. The van der Waals surface area contributed by atoms with Crippen molar-refractivity contribution in [3.63, 3.8) is 0 Å². The standard InChI is InChI=1S/C46H31NO/c1-3-15-32(16-4-1)36-21-9-10-24-40(36)46-38(34-17-5-2-6-18-34)25-14-27-43(46)47(42-26-13-20-33-19-7-8-22-37(33)42)35-29-30-45-41(31-35)39-23-11-12-28-44(39)48-45/h1-31H. The molecule has 2 nitrogen and oxygen atoms in total. The van der Waals surface area contributed by atoms with Gasteiger partial charge in [0.2, 0.25) is 0 Å². The molecular weight excluding hydrogens is 583 g/mol. The molecule has 0 N–H and O–H groups in total. The largest absolute Gasteiger partial charge is 0.456 e. The van der Waals surface area contributed by atoms with Gasteiger partial charge >= 0.3 is 0 Å². The summed E-state index contributed by atoms with van der Waals surface area (Å²) in [5.74, 6) is 0. The van der Waals surface area contributed by atoms with Crippen molar-refractivity contribution in [3.05, 3.63) is 188 Å². The Morgan fingerprint density at radius 3 is 1.73 bits per heavy atom. The molecule has 0 aliphatic rings. The molecule has 0 aliphatic carbocycles. The van der Waals surface area contributed by atoms with E-state index in [1.807, 2.05) is 12.1 Å². The number of hydrogen-bond donors (Lipinski definition) is 0. The van der Waals surface area contributed by atoms with Crippen molar-refractivity contribution in [3.8, 4) is 33.4 Å². The molecule has 0 saturated carbocycles. The van der Waals surface area contributed by atoms with Crippen LogP contribution in [0.1, 0.15) is 0 Å². The third kappa shape index (κ3) is 4.74. The number of benzene rings is 8. The molecule has 0 aliphatic heterocycles. The lowest BCUT2D eigenvalue weighted by Crippen LogP contribution is -2.12. The van der Waals surface area contributed by atoms with Crippen LogP contribution in [0.2, 0.25) is 0 Å². The Labute approximate surface area is 279 Å². The van der Waals surface area contributed by atoms with E-state index in [-0.39, 0.29) is 0 Å². The smallest absolute Gasteiger partial charge is 0.135 e. The normalized spacial score (nSPS) is 11.3. The lowest BCUT2D eigenvalue weighted by Gasteiger charge is -2.31. The molecule has 226 valence electrons. The van der Waals surface area contributed by atoms with E-state index in [9.17, 15) is 0 Å². The average Bonchev–Trinajstić information content (AvgIpc) is 3.54. The van der Waals surface area contributed by atoms with E-state index in [1.165, 1.54) is 44.2 Å². The van der Waals surface area contributed by atoms with Gasteiger partial charge in [0.05, 0.1) is 11.4 Å². The molecule has 2 heteroatoms. The second kappa shape index (κ2) is 11.8. The minimum atomic E-state index is 0.880. The minimum absolute atomic E-state index is 0.880. The first-order valence-corrected chi connectivity index (χ1v) is 16.4. The van der Waals surface area contributed by atoms with Gasteiger partial charge in [0, 0.05) is 27.4 Å². The first-order chi connectivity index (χ1) is 23.8. The van der Waals surface area contributed by atoms with E-state index in [0.717, 1.165) is 39.0 Å². The van der Waals surface area contributed by atoms with Gasteiger partial charge < -0.3 is 9.32 Å². The molecule has 48 heavy (non-hydrogen) atoms. The van der Waals surface area contributed by atoms with Crippen LogP contribution in [0.25, 0.3) is 66.1 Å². The number of anilines is 3. The number of rotatable bonds is 6. The molecule has 0 radical (unpaired) electrons. The quantitative estimate of drug-likeness (QED) is 0.185. The van der Waals surface area contributed by atoms with Gasteiger partial charge in [-0.15, -0.1) is 0 Å². The average molecular weight is 614 g/mol. The lowest BCUT2D eigenvalue weighted by molar-refractivity contribution is 0.669. The predicted molar refractivity (Wildman–Crippen MR) is 202 cm³/mol. The summed E-state index contributed by atoms with van der Waals surface area (Å²) >= 11 is 0. The topological polar surface area (TPSA) is 16.4 Å². The zero-order chi connectivity index (χ0) is 31.9. The Kier molecular flexibility index (Phi) is 6.84. The first-order valence-electron chi connectivity index (χ1n) is 16.4. The highest BCUT2D eigenvalue weighted by Crippen LogP contribution is 2.49. The van der Waals surface area contributed by atoms with E-state index >= 15 is 0 Å². The van der Waals surface area contributed by atoms with Crippen LogP contribution >= 0.6 is 0 Å². The number of furan rings is 1. The van der Waals surface area contributed by atoms with Gasteiger partial charge in [0.25, 0.3) is 0 Å². The monoisotopic (exact) mass is 613 g/mol. The summed E-state index contributed by atoms with van der Waals surface area (Å²) in [6, 6.07) is 67.1. The van der Waals surface area contributed by atoms with Gasteiger partial charge in [-0.25, -0.2) is 0 Å². The summed E-state index contributed by atoms with van der Waals surface area (Å²) in [4.78, 5) is 2.44. The number of para-hydroxylation sites is 1. The van der Waals surface area contributed by atoms with E-state index in [0.29, 0.717) is 0 Å². The lowest BCUT2D eigenvalue weighted by atomic mass is 9.87. The van der Waals surface area contributed by atoms with Crippen LogP contribution in [-0.2, 0) is 0 Å². The number of hydrogen-bond acceptors (Lipinski definition) is 2. The molecule has 9 rings (SSSR count). The maximum atomic E-state index is 6.29. The van der Waals surface area contributed by atoms with Crippen LogP contribution in [0.4, 0.5) is 17.1 Å². The van der Waals surface area contributed by atoms with Crippen molar-refractivity contribution in [2.75, 3.05) is 4.90 Å². The Balaban J connectivity index is 1.40. The van der Waals surface area contributed by atoms with Crippen LogP contribution < -0.4 is 4.90 Å². The minimum Gasteiger partial charge on any atom is -0.456 e. The first kappa shape index (κ1) is 27.9.